The summed E-state index contributed by atoms with van der Waals surface area (Å²) in [5.41, 5.74) is 3.35. The predicted octanol–water partition coefficient (Wildman–Crippen LogP) is 2.12. The quantitative estimate of drug-likeness (QED) is 0.374. The van der Waals surface area contributed by atoms with E-state index in [0.29, 0.717) is 10.7 Å². The van der Waals surface area contributed by atoms with Crippen LogP contribution in [0.2, 0.25) is 5.02 Å². The molecule has 0 radical (unpaired) electrons. The Labute approximate surface area is 114 Å². The molecule has 0 aliphatic carbocycles. The summed E-state index contributed by atoms with van der Waals surface area (Å²) < 4.78 is 0. The number of para-hydroxylation sites is 1. The number of hydrazone groups is 1. The molecule has 0 amide bonds. The molecule has 100 valence electrons. The van der Waals surface area contributed by atoms with E-state index in [1.165, 1.54) is 6.92 Å². The minimum atomic E-state index is -0.574. The van der Waals surface area contributed by atoms with E-state index >= 15 is 0 Å². The van der Waals surface area contributed by atoms with Crippen molar-refractivity contribution in [3.05, 3.63) is 29.3 Å². The summed E-state index contributed by atoms with van der Waals surface area (Å²) >= 11 is 5.91. The van der Waals surface area contributed by atoms with Gasteiger partial charge in [0.2, 0.25) is 0 Å². The van der Waals surface area contributed by atoms with Gasteiger partial charge in [-0.1, -0.05) is 34.0 Å². The lowest BCUT2D eigenvalue weighted by Crippen LogP contribution is -2.07. The van der Waals surface area contributed by atoms with Crippen molar-refractivity contribution in [3.8, 4) is 0 Å². The number of hydrogen-bond donors (Lipinski definition) is 2. The van der Waals surface area contributed by atoms with Crippen molar-refractivity contribution in [2.24, 2.45) is 15.4 Å². The fourth-order valence-corrected chi connectivity index (χ4v) is 1.16. The Morgan fingerprint density at radius 2 is 2.16 bits per heavy atom. The van der Waals surface area contributed by atoms with E-state index in [-0.39, 0.29) is 5.71 Å². The second kappa shape index (κ2) is 7.83. The Balaban J connectivity index is 2.76. The van der Waals surface area contributed by atoms with Crippen molar-refractivity contribution in [3.63, 3.8) is 0 Å². The number of nitrogens with zero attached hydrogens (tertiary/aromatic N) is 3. The molecule has 0 fully saturated rings. The molecule has 0 aliphatic heterocycles. The summed E-state index contributed by atoms with van der Waals surface area (Å²) in [6.07, 6.45) is 2.11. The van der Waals surface area contributed by atoms with Crippen LogP contribution in [0.5, 0.6) is 0 Å². The van der Waals surface area contributed by atoms with Gasteiger partial charge in [-0.05, 0) is 12.1 Å². The van der Waals surface area contributed by atoms with E-state index in [1.54, 1.807) is 24.3 Å². The number of anilines is 1. The largest absolute Gasteiger partial charge is 0.411 e. The Bertz CT molecular complexity index is 528. The van der Waals surface area contributed by atoms with Gasteiger partial charge in [0.15, 0.2) is 0 Å². The second-order valence-electron chi connectivity index (χ2n) is 3.19. The normalized spacial score (nSPS) is 12.0. The summed E-state index contributed by atoms with van der Waals surface area (Å²) in [5.74, 6) is -0.574. The molecule has 0 saturated carbocycles. The molecule has 1 aromatic carbocycles. The summed E-state index contributed by atoms with van der Waals surface area (Å²) in [7, 11) is 0. The highest BCUT2D eigenvalue weighted by Gasteiger charge is 1.98. The molecule has 0 aromatic heterocycles. The zero-order chi connectivity index (χ0) is 14.1. The van der Waals surface area contributed by atoms with E-state index in [4.69, 9.17) is 16.8 Å². The standard InChI is InChI=1S/C11H11ClN4O3/c1-8(17)19-14-7-9(6-13-18)15-16-11-5-3-2-4-10(11)12/h2-7,16,18H,1H3/b13-6+,14-7+,15-9+. The highest BCUT2D eigenvalue weighted by molar-refractivity contribution is 6.55. The lowest BCUT2D eigenvalue weighted by molar-refractivity contribution is -0.140. The van der Waals surface area contributed by atoms with E-state index in [9.17, 15) is 4.79 Å². The monoisotopic (exact) mass is 282 g/mol. The number of rotatable bonds is 5. The van der Waals surface area contributed by atoms with E-state index in [1.807, 2.05) is 0 Å². The Kier molecular flexibility index (Phi) is 6.04. The minimum Gasteiger partial charge on any atom is -0.411 e. The van der Waals surface area contributed by atoms with Crippen LogP contribution in [-0.4, -0.2) is 29.3 Å². The van der Waals surface area contributed by atoms with Crippen LogP contribution < -0.4 is 5.43 Å². The van der Waals surface area contributed by atoms with Crippen LogP contribution in [0.3, 0.4) is 0 Å². The summed E-state index contributed by atoms with van der Waals surface area (Å²) in [4.78, 5) is 14.9. The molecule has 0 bridgehead atoms. The first-order valence-corrected chi connectivity index (χ1v) is 5.48. The number of oxime groups is 2. The van der Waals surface area contributed by atoms with Crippen LogP contribution in [0.15, 0.2) is 39.7 Å². The number of benzene rings is 1. The molecule has 0 heterocycles. The molecule has 1 rings (SSSR count). The third kappa shape index (κ3) is 5.64. The van der Waals surface area contributed by atoms with Gasteiger partial charge in [0.05, 0.1) is 23.1 Å². The van der Waals surface area contributed by atoms with Crippen molar-refractivity contribution in [2.45, 2.75) is 6.92 Å². The van der Waals surface area contributed by atoms with E-state index in [0.717, 1.165) is 12.4 Å². The molecule has 19 heavy (non-hydrogen) atoms. The zero-order valence-corrected chi connectivity index (χ0v) is 10.7. The molecular weight excluding hydrogens is 272 g/mol. The number of carbonyl (C=O) groups excluding carboxylic acids is 1. The molecule has 2 N–H and O–H groups in total. The third-order valence-corrected chi connectivity index (χ3v) is 2.07. The van der Waals surface area contributed by atoms with Crippen molar-refractivity contribution in [2.75, 3.05) is 5.43 Å². The average Bonchev–Trinajstić information content (AvgIpc) is 2.37. The highest BCUT2D eigenvalue weighted by Crippen LogP contribution is 2.20. The molecular formula is C11H11ClN4O3. The van der Waals surface area contributed by atoms with Crippen molar-refractivity contribution < 1.29 is 14.8 Å². The first-order valence-electron chi connectivity index (χ1n) is 5.10. The Hall–Kier alpha value is -2.41. The summed E-state index contributed by atoms with van der Waals surface area (Å²) in [6.45, 7) is 1.20. The first-order chi connectivity index (χ1) is 9.13. The molecule has 0 aliphatic rings. The highest BCUT2D eigenvalue weighted by atomic mass is 35.5. The van der Waals surface area contributed by atoms with Gasteiger partial charge in [-0.3, -0.25) is 5.43 Å². The lowest BCUT2D eigenvalue weighted by Gasteiger charge is -2.02. The second-order valence-corrected chi connectivity index (χ2v) is 3.60. The van der Waals surface area contributed by atoms with E-state index in [2.05, 4.69) is 25.7 Å². The van der Waals surface area contributed by atoms with Gasteiger partial charge in [0.25, 0.3) is 0 Å². The van der Waals surface area contributed by atoms with Gasteiger partial charge in [-0.2, -0.15) is 5.10 Å². The number of hydrogen-bond acceptors (Lipinski definition) is 7. The van der Waals surface area contributed by atoms with Crippen LogP contribution >= 0.6 is 11.6 Å². The molecule has 1 aromatic rings. The minimum absolute atomic E-state index is 0.128. The maximum absolute atomic E-state index is 10.5. The van der Waals surface area contributed by atoms with Gasteiger partial charge in [-0.15, -0.1) is 0 Å². The summed E-state index contributed by atoms with van der Waals surface area (Å²) in [5, 5.41) is 19.0. The fourth-order valence-electron chi connectivity index (χ4n) is 0.981. The third-order valence-electron chi connectivity index (χ3n) is 1.74. The van der Waals surface area contributed by atoms with Gasteiger partial charge in [0.1, 0.15) is 5.71 Å². The Morgan fingerprint density at radius 3 is 2.79 bits per heavy atom. The molecule has 7 nitrogen and oxygen atoms in total. The van der Waals surface area contributed by atoms with Crippen LogP contribution in [0.1, 0.15) is 6.92 Å². The molecule has 0 atom stereocenters. The molecule has 8 heteroatoms. The molecule has 0 unspecified atom stereocenters. The topological polar surface area (TPSA) is 95.6 Å². The van der Waals surface area contributed by atoms with Gasteiger partial charge in [0, 0.05) is 6.92 Å². The first kappa shape index (κ1) is 14.7. The van der Waals surface area contributed by atoms with Gasteiger partial charge < -0.3 is 10.0 Å². The van der Waals surface area contributed by atoms with E-state index < -0.39 is 5.97 Å². The van der Waals surface area contributed by atoms with Crippen molar-refractivity contribution in [1.29, 1.82) is 0 Å². The maximum Gasteiger partial charge on any atom is 0.331 e. The van der Waals surface area contributed by atoms with Gasteiger partial charge >= 0.3 is 5.97 Å². The zero-order valence-electron chi connectivity index (χ0n) is 9.95. The van der Waals surface area contributed by atoms with Crippen LogP contribution in [0.4, 0.5) is 5.69 Å². The smallest absolute Gasteiger partial charge is 0.331 e. The Morgan fingerprint density at radius 1 is 1.42 bits per heavy atom. The number of nitrogens with one attached hydrogen (secondary N) is 1. The van der Waals surface area contributed by atoms with Crippen molar-refractivity contribution >= 4 is 41.4 Å². The maximum atomic E-state index is 10.5. The van der Waals surface area contributed by atoms with Crippen molar-refractivity contribution in [1.82, 2.24) is 0 Å². The number of halogens is 1. The molecule has 0 spiro atoms. The van der Waals surface area contributed by atoms with Gasteiger partial charge in [-0.25, -0.2) is 4.79 Å². The van der Waals surface area contributed by atoms with Crippen LogP contribution in [-0.2, 0) is 9.63 Å². The fraction of sp³-hybridized carbons (Fsp3) is 0.0909. The molecule has 0 saturated heterocycles. The average molecular weight is 283 g/mol. The number of carbonyl (C=O) groups is 1. The summed E-state index contributed by atoms with van der Waals surface area (Å²) in [6, 6.07) is 6.95. The lowest BCUT2D eigenvalue weighted by atomic mass is 10.3. The predicted molar refractivity (Wildman–Crippen MR) is 73.0 cm³/mol. The van der Waals surface area contributed by atoms with Crippen LogP contribution in [0.25, 0.3) is 0 Å². The van der Waals surface area contributed by atoms with Crippen LogP contribution in [0, 0.1) is 0 Å². The SMILES string of the molecule is CC(=O)O/N=C/C(/C=N/O)=N/Nc1ccccc1Cl.